The topological polar surface area (TPSA) is 29.9 Å². The molecule has 0 amide bonds. The van der Waals surface area contributed by atoms with Crippen LogP contribution in [0.5, 0.6) is 0 Å². The number of hydrogen-bond acceptors (Lipinski definition) is 2. The van der Waals surface area contributed by atoms with Gasteiger partial charge in [0.15, 0.2) is 0 Å². The van der Waals surface area contributed by atoms with Gasteiger partial charge in [-0.3, -0.25) is 4.68 Å². The third-order valence-corrected chi connectivity index (χ3v) is 4.00. The lowest BCUT2D eigenvalue weighted by Crippen LogP contribution is -2.25. The van der Waals surface area contributed by atoms with Crippen molar-refractivity contribution in [3.8, 4) is 0 Å². The number of aromatic nitrogens is 2. The van der Waals surface area contributed by atoms with Crippen molar-refractivity contribution in [2.24, 2.45) is 7.05 Å². The van der Waals surface area contributed by atoms with E-state index in [1.807, 2.05) is 11.7 Å². The van der Waals surface area contributed by atoms with Crippen LogP contribution in [0.2, 0.25) is 5.02 Å². The number of rotatable bonds is 7. The fraction of sp³-hybridized carbons (Fsp3) is 0.471. The maximum Gasteiger partial charge on any atom is 0.0834 e. The van der Waals surface area contributed by atoms with Gasteiger partial charge in [-0.15, -0.1) is 0 Å². The fourth-order valence-electron chi connectivity index (χ4n) is 2.64. The molecule has 0 radical (unpaired) electrons. The summed E-state index contributed by atoms with van der Waals surface area (Å²) in [5, 5.41) is 8.60. The van der Waals surface area contributed by atoms with Crippen LogP contribution in [0.3, 0.4) is 0 Å². The van der Waals surface area contributed by atoms with Gasteiger partial charge in [0.05, 0.1) is 23.0 Å². The number of aryl methyl sites for hydroxylation is 3. The van der Waals surface area contributed by atoms with Gasteiger partial charge < -0.3 is 5.32 Å². The van der Waals surface area contributed by atoms with Crippen LogP contribution >= 0.6 is 11.6 Å². The second-order valence-corrected chi connectivity index (χ2v) is 5.94. The molecule has 0 spiro atoms. The third kappa shape index (κ3) is 4.32. The largest absolute Gasteiger partial charge is 0.309 e. The molecule has 1 aromatic heterocycles. The number of benzene rings is 1. The molecule has 0 aliphatic carbocycles. The predicted molar refractivity (Wildman–Crippen MR) is 88.8 cm³/mol. The van der Waals surface area contributed by atoms with E-state index >= 15 is 0 Å². The first-order chi connectivity index (χ1) is 10.1. The Morgan fingerprint density at radius 2 is 2.19 bits per heavy atom. The summed E-state index contributed by atoms with van der Waals surface area (Å²) >= 11 is 6.30. The van der Waals surface area contributed by atoms with E-state index in [2.05, 4.69) is 48.5 Å². The van der Waals surface area contributed by atoms with Crippen LogP contribution in [-0.4, -0.2) is 16.3 Å². The zero-order chi connectivity index (χ0) is 15.2. The Morgan fingerprint density at radius 1 is 1.38 bits per heavy atom. The van der Waals surface area contributed by atoms with Gasteiger partial charge in [0.1, 0.15) is 0 Å². The second-order valence-electron chi connectivity index (χ2n) is 5.54. The molecule has 1 aromatic carbocycles. The smallest absolute Gasteiger partial charge is 0.0834 e. The van der Waals surface area contributed by atoms with Crippen LogP contribution in [0, 0.1) is 6.92 Å². The standard InChI is InChI=1S/C17H24ClN3/c1-4-10-19-16(17-15(18)12-20-21(17)3)9-8-14-7-5-6-13(2)11-14/h5-7,11-12,16,19H,4,8-10H2,1-3H3. The lowest BCUT2D eigenvalue weighted by atomic mass is 10.0. The van der Waals surface area contributed by atoms with Crippen LogP contribution in [0.25, 0.3) is 0 Å². The van der Waals surface area contributed by atoms with Gasteiger partial charge in [-0.1, -0.05) is 48.4 Å². The molecule has 114 valence electrons. The van der Waals surface area contributed by atoms with Crippen LogP contribution in [0.15, 0.2) is 30.5 Å². The van der Waals surface area contributed by atoms with Crippen molar-refractivity contribution in [3.63, 3.8) is 0 Å². The van der Waals surface area contributed by atoms with Gasteiger partial charge in [0.2, 0.25) is 0 Å². The molecule has 0 bridgehead atoms. The molecule has 3 nitrogen and oxygen atoms in total. The number of hydrogen-bond donors (Lipinski definition) is 1. The van der Waals surface area contributed by atoms with Gasteiger partial charge in [0, 0.05) is 7.05 Å². The van der Waals surface area contributed by atoms with Crippen LogP contribution in [0.4, 0.5) is 0 Å². The highest BCUT2D eigenvalue weighted by atomic mass is 35.5. The molecule has 0 saturated carbocycles. The molecule has 1 unspecified atom stereocenters. The molecular formula is C17H24ClN3. The molecule has 0 fully saturated rings. The Kier molecular flexibility index (Phi) is 5.83. The average molecular weight is 306 g/mol. The summed E-state index contributed by atoms with van der Waals surface area (Å²) in [5.74, 6) is 0. The molecule has 0 aliphatic heterocycles. The minimum Gasteiger partial charge on any atom is -0.309 e. The van der Waals surface area contributed by atoms with Crippen molar-refractivity contribution >= 4 is 11.6 Å². The molecule has 1 heterocycles. The van der Waals surface area contributed by atoms with Gasteiger partial charge in [-0.05, 0) is 38.3 Å². The van der Waals surface area contributed by atoms with Crippen LogP contribution in [-0.2, 0) is 13.5 Å². The Morgan fingerprint density at radius 3 is 2.81 bits per heavy atom. The summed E-state index contributed by atoms with van der Waals surface area (Å²) in [6, 6.07) is 8.94. The SMILES string of the molecule is CCCNC(CCc1cccc(C)c1)c1c(Cl)cnn1C. The highest BCUT2D eigenvalue weighted by Gasteiger charge is 2.18. The van der Waals surface area contributed by atoms with Crippen molar-refractivity contribution in [1.29, 1.82) is 0 Å². The predicted octanol–water partition coefficient (Wildman–Crippen LogP) is 4.06. The Bertz CT molecular complexity index is 558. The highest BCUT2D eigenvalue weighted by Crippen LogP contribution is 2.26. The van der Waals surface area contributed by atoms with E-state index in [1.165, 1.54) is 11.1 Å². The summed E-state index contributed by atoms with van der Waals surface area (Å²) in [4.78, 5) is 0. The van der Waals surface area contributed by atoms with E-state index in [0.717, 1.165) is 36.5 Å². The zero-order valence-electron chi connectivity index (χ0n) is 13.1. The lowest BCUT2D eigenvalue weighted by molar-refractivity contribution is 0.468. The van der Waals surface area contributed by atoms with E-state index in [-0.39, 0.29) is 6.04 Å². The van der Waals surface area contributed by atoms with E-state index < -0.39 is 0 Å². The van der Waals surface area contributed by atoms with Gasteiger partial charge in [0.25, 0.3) is 0 Å². The molecule has 2 aromatic rings. The summed E-state index contributed by atoms with van der Waals surface area (Å²) in [5.41, 5.74) is 3.76. The van der Waals surface area contributed by atoms with Gasteiger partial charge in [-0.25, -0.2) is 0 Å². The Labute approximate surface area is 132 Å². The van der Waals surface area contributed by atoms with E-state index in [9.17, 15) is 0 Å². The quantitative estimate of drug-likeness (QED) is 0.836. The summed E-state index contributed by atoms with van der Waals surface area (Å²) in [7, 11) is 1.95. The zero-order valence-corrected chi connectivity index (χ0v) is 13.8. The second kappa shape index (κ2) is 7.62. The van der Waals surface area contributed by atoms with Gasteiger partial charge >= 0.3 is 0 Å². The average Bonchev–Trinajstić information content (AvgIpc) is 2.79. The Balaban J connectivity index is 2.10. The van der Waals surface area contributed by atoms with E-state index in [1.54, 1.807) is 6.20 Å². The van der Waals surface area contributed by atoms with E-state index in [0.29, 0.717) is 0 Å². The fourth-order valence-corrected chi connectivity index (χ4v) is 2.94. The van der Waals surface area contributed by atoms with Crippen molar-refractivity contribution in [1.82, 2.24) is 15.1 Å². The van der Waals surface area contributed by atoms with Crippen LogP contribution in [0.1, 0.15) is 42.6 Å². The minimum atomic E-state index is 0.241. The first kappa shape index (κ1) is 16.1. The minimum absolute atomic E-state index is 0.241. The molecule has 0 aliphatic rings. The summed E-state index contributed by atoms with van der Waals surface area (Å²) in [6.45, 7) is 5.30. The maximum atomic E-state index is 6.30. The molecule has 21 heavy (non-hydrogen) atoms. The summed E-state index contributed by atoms with van der Waals surface area (Å²) < 4.78 is 1.88. The summed E-state index contributed by atoms with van der Waals surface area (Å²) in [6.07, 6.45) is 4.88. The molecule has 1 N–H and O–H groups in total. The number of halogens is 1. The maximum absolute atomic E-state index is 6.30. The Hall–Kier alpha value is -1.32. The molecule has 0 saturated heterocycles. The van der Waals surface area contributed by atoms with Crippen LogP contribution < -0.4 is 5.32 Å². The van der Waals surface area contributed by atoms with Crippen molar-refractivity contribution < 1.29 is 0 Å². The number of nitrogens with zero attached hydrogens (tertiary/aromatic N) is 2. The highest BCUT2D eigenvalue weighted by molar-refractivity contribution is 6.31. The first-order valence-electron chi connectivity index (χ1n) is 7.58. The first-order valence-corrected chi connectivity index (χ1v) is 7.96. The lowest BCUT2D eigenvalue weighted by Gasteiger charge is -2.19. The van der Waals surface area contributed by atoms with E-state index in [4.69, 9.17) is 11.6 Å². The van der Waals surface area contributed by atoms with Gasteiger partial charge in [-0.2, -0.15) is 5.10 Å². The van der Waals surface area contributed by atoms with Crippen molar-refractivity contribution in [3.05, 3.63) is 52.3 Å². The molecule has 1 atom stereocenters. The number of nitrogens with one attached hydrogen (secondary N) is 1. The van der Waals surface area contributed by atoms with Crippen molar-refractivity contribution in [2.75, 3.05) is 6.54 Å². The third-order valence-electron chi connectivity index (χ3n) is 3.71. The normalized spacial score (nSPS) is 12.6. The monoisotopic (exact) mass is 305 g/mol. The molecule has 4 heteroatoms. The molecular weight excluding hydrogens is 282 g/mol. The molecule has 2 rings (SSSR count). The van der Waals surface area contributed by atoms with Crippen molar-refractivity contribution in [2.45, 2.75) is 39.2 Å².